The molecule has 0 atom stereocenters. The molecule has 0 bridgehead atoms. The highest BCUT2D eigenvalue weighted by Crippen LogP contribution is 2.08. The summed E-state index contributed by atoms with van der Waals surface area (Å²) in [5, 5.41) is 8.51. The Morgan fingerprint density at radius 2 is 2.42 bits per heavy atom. The highest BCUT2D eigenvalue weighted by Gasteiger charge is 1.91. The molecule has 0 unspecified atom stereocenters. The monoisotopic (exact) mass is 222 g/mol. The zero-order valence-corrected chi connectivity index (χ0v) is 8.17. The summed E-state index contributed by atoms with van der Waals surface area (Å²) in [4.78, 5) is 4.15. The molecule has 0 N–H and O–H groups in total. The van der Waals surface area contributed by atoms with Gasteiger partial charge in [0.2, 0.25) is 0 Å². The van der Waals surface area contributed by atoms with Gasteiger partial charge in [-0.05, 0) is 41.1 Å². The zero-order valence-electron chi connectivity index (χ0n) is 6.58. The Balaban J connectivity index is 2.99. The van der Waals surface area contributed by atoms with E-state index >= 15 is 0 Å². The van der Waals surface area contributed by atoms with E-state index in [1.54, 1.807) is 13.0 Å². The molecule has 0 radical (unpaired) electrons. The molecule has 0 spiro atoms. The molecular weight excluding hydrogens is 216 g/mol. The summed E-state index contributed by atoms with van der Waals surface area (Å²) >= 11 is 3.25. The summed E-state index contributed by atoms with van der Waals surface area (Å²) in [6.45, 7) is 1.75. The lowest BCUT2D eigenvalue weighted by Gasteiger charge is -1.92. The number of allylic oxidation sites excluding steroid dienone is 1. The first-order valence-corrected chi connectivity index (χ1v) is 4.22. The average Bonchev–Trinajstić information content (AvgIpc) is 2.04. The maximum Gasteiger partial charge on any atom is 0.106 e. The van der Waals surface area contributed by atoms with Crippen LogP contribution in [0.2, 0.25) is 0 Å². The lowest BCUT2D eigenvalue weighted by Crippen LogP contribution is -1.81. The van der Waals surface area contributed by atoms with Crippen LogP contribution in [-0.4, -0.2) is 4.98 Å². The molecule has 0 fully saturated rings. The molecule has 1 rings (SSSR count). The number of nitriles is 1. The van der Waals surface area contributed by atoms with Gasteiger partial charge in [-0.2, -0.15) is 5.26 Å². The molecule has 0 aliphatic carbocycles. The van der Waals surface area contributed by atoms with Crippen LogP contribution < -0.4 is 0 Å². The highest BCUT2D eigenvalue weighted by molar-refractivity contribution is 9.10. The van der Waals surface area contributed by atoms with Crippen molar-refractivity contribution in [1.29, 1.82) is 5.26 Å². The van der Waals surface area contributed by atoms with Gasteiger partial charge < -0.3 is 0 Å². The molecule has 1 aromatic heterocycles. The van der Waals surface area contributed by atoms with E-state index in [0.717, 1.165) is 10.3 Å². The van der Waals surface area contributed by atoms with E-state index in [4.69, 9.17) is 5.26 Å². The minimum absolute atomic E-state index is 0.653. The van der Waals surface area contributed by atoms with Crippen molar-refractivity contribution in [3.8, 4) is 6.07 Å². The van der Waals surface area contributed by atoms with Gasteiger partial charge in [0.25, 0.3) is 0 Å². The molecule has 0 saturated carbocycles. The largest absolute Gasteiger partial charge is 0.242 e. The third kappa shape index (κ3) is 2.48. The van der Waals surface area contributed by atoms with Crippen LogP contribution in [0.1, 0.15) is 12.6 Å². The maximum absolute atomic E-state index is 8.51. The van der Waals surface area contributed by atoms with E-state index in [0.29, 0.717) is 5.57 Å². The van der Waals surface area contributed by atoms with Crippen molar-refractivity contribution in [2.24, 2.45) is 0 Å². The predicted molar refractivity (Wildman–Crippen MR) is 51.2 cm³/mol. The average molecular weight is 223 g/mol. The quantitative estimate of drug-likeness (QED) is 0.542. The first kappa shape index (κ1) is 8.95. The summed E-state index contributed by atoms with van der Waals surface area (Å²) in [6.07, 6.45) is 1.74. The number of hydrogen-bond acceptors (Lipinski definition) is 2. The summed E-state index contributed by atoms with van der Waals surface area (Å²) in [5.74, 6) is 0. The molecule has 12 heavy (non-hydrogen) atoms. The van der Waals surface area contributed by atoms with Crippen LogP contribution in [0.15, 0.2) is 28.4 Å². The third-order valence-electron chi connectivity index (χ3n) is 1.28. The smallest absolute Gasteiger partial charge is 0.106 e. The SMILES string of the molecule is C/C(C#N)=C/c1cccc(Br)n1. The van der Waals surface area contributed by atoms with Crippen molar-refractivity contribution in [3.05, 3.63) is 34.1 Å². The second-order valence-electron chi connectivity index (χ2n) is 2.32. The summed E-state index contributed by atoms with van der Waals surface area (Å²) in [5.41, 5.74) is 1.45. The van der Waals surface area contributed by atoms with Crippen LogP contribution in [-0.2, 0) is 0 Å². The first-order chi connectivity index (χ1) is 5.72. The molecule has 60 valence electrons. The molecule has 3 heteroatoms. The Kier molecular flexibility index (Phi) is 3.01. The Morgan fingerprint density at radius 1 is 1.67 bits per heavy atom. The van der Waals surface area contributed by atoms with Gasteiger partial charge in [-0.15, -0.1) is 0 Å². The fourth-order valence-corrected chi connectivity index (χ4v) is 1.12. The van der Waals surface area contributed by atoms with E-state index in [2.05, 4.69) is 20.9 Å². The number of rotatable bonds is 1. The van der Waals surface area contributed by atoms with Gasteiger partial charge in [0.15, 0.2) is 0 Å². The second kappa shape index (κ2) is 4.03. The standard InChI is InChI=1S/C9H7BrN2/c1-7(6-11)5-8-3-2-4-9(10)12-8/h2-5H,1H3/b7-5-. The molecule has 0 aliphatic heterocycles. The van der Waals surface area contributed by atoms with Gasteiger partial charge in [0.05, 0.1) is 11.8 Å². The fourth-order valence-electron chi connectivity index (χ4n) is 0.758. The van der Waals surface area contributed by atoms with Crippen molar-refractivity contribution < 1.29 is 0 Å². The van der Waals surface area contributed by atoms with E-state index in [1.165, 1.54) is 0 Å². The molecule has 0 aliphatic rings. The van der Waals surface area contributed by atoms with Gasteiger partial charge >= 0.3 is 0 Å². The predicted octanol–water partition coefficient (Wildman–Crippen LogP) is 2.77. The lowest BCUT2D eigenvalue weighted by molar-refractivity contribution is 1.24. The minimum atomic E-state index is 0.653. The van der Waals surface area contributed by atoms with Crippen molar-refractivity contribution in [2.75, 3.05) is 0 Å². The number of halogens is 1. The number of nitrogens with zero attached hydrogens (tertiary/aromatic N) is 2. The molecular formula is C9H7BrN2. The normalized spacial score (nSPS) is 10.9. The zero-order chi connectivity index (χ0) is 8.97. The van der Waals surface area contributed by atoms with E-state index in [9.17, 15) is 0 Å². The van der Waals surface area contributed by atoms with Crippen LogP contribution in [0.3, 0.4) is 0 Å². The van der Waals surface area contributed by atoms with E-state index in [1.807, 2.05) is 24.3 Å². The Labute approximate surface area is 79.7 Å². The van der Waals surface area contributed by atoms with Gasteiger partial charge in [0.1, 0.15) is 4.60 Å². The molecule has 0 aromatic carbocycles. The Morgan fingerprint density at radius 3 is 3.00 bits per heavy atom. The van der Waals surface area contributed by atoms with Gasteiger partial charge in [-0.1, -0.05) is 6.07 Å². The van der Waals surface area contributed by atoms with Gasteiger partial charge in [-0.25, -0.2) is 4.98 Å². The van der Waals surface area contributed by atoms with Gasteiger partial charge in [0, 0.05) is 5.57 Å². The molecule has 1 heterocycles. The van der Waals surface area contributed by atoms with Crippen LogP contribution in [0.25, 0.3) is 6.08 Å². The van der Waals surface area contributed by atoms with Gasteiger partial charge in [-0.3, -0.25) is 0 Å². The molecule has 2 nitrogen and oxygen atoms in total. The maximum atomic E-state index is 8.51. The Bertz CT molecular complexity index is 350. The third-order valence-corrected chi connectivity index (χ3v) is 1.72. The summed E-state index contributed by atoms with van der Waals surface area (Å²) < 4.78 is 0.780. The first-order valence-electron chi connectivity index (χ1n) is 3.43. The molecule has 0 saturated heterocycles. The molecule has 0 amide bonds. The van der Waals surface area contributed by atoms with Crippen LogP contribution in [0.4, 0.5) is 0 Å². The number of pyridine rings is 1. The van der Waals surface area contributed by atoms with Crippen LogP contribution in [0.5, 0.6) is 0 Å². The lowest BCUT2D eigenvalue weighted by atomic mass is 10.2. The van der Waals surface area contributed by atoms with Crippen molar-refractivity contribution in [1.82, 2.24) is 4.98 Å². The second-order valence-corrected chi connectivity index (χ2v) is 3.14. The van der Waals surface area contributed by atoms with Crippen LogP contribution in [0, 0.1) is 11.3 Å². The van der Waals surface area contributed by atoms with Crippen molar-refractivity contribution >= 4 is 22.0 Å². The van der Waals surface area contributed by atoms with Crippen molar-refractivity contribution in [3.63, 3.8) is 0 Å². The van der Waals surface area contributed by atoms with E-state index < -0.39 is 0 Å². The highest BCUT2D eigenvalue weighted by atomic mass is 79.9. The minimum Gasteiger partial charge on any atom is -0.242 e. The van der Waals surface area contributed by atoms with Crippen LogP contribution >= 0.6 is 15.9 Å². The van der Waals surface area contributed by atoms with Crippen molar-refractivity contribution in [2.45, 2.75) is 6.92 Å². The van der Waals surface area contributed by atoms with E-state index in [-0.39, 0.29) is 0 Å². The summed E-state index contributed by atoms with van der Waals surface area (Å²) in [7, 11) is 0. The Hall–Kier alpha value is -1.14. The fraction of sp³-hybridized carbons (Fsp3) is 0.111. The number of aromatic nitrogens is 1. The number of hydrogen-bond donors (Lipinski definition) is 0. The molecule has 1 aromatic rings. The topological polar surface area (TPSA) is 36.7 Å². The summed E-state index contributed by atoms with van der Waals surface area (Å²) in [6, 6.07) is 7.62.